The number of hydrogen-bond donors (Lipinski definition) is 0. The van der Waals surface area contributed by atoms with Gasteiger partial charge in [0.2, 0.25) is 0 Å². The van der Waals surface area contributed by atoms with E-state index in [-0.39, 0.29) is 15.4 Å². The Bertz CT molecular complexity index is 681. The summed E-state index contributed by atoms with van der Waals surface area (Å²) in [6.45, 7) is 12.5. The first-order valence-electron chi connectivity index (χ1n) is 8.10. The van der Waals surface area contributed by atoms with Crippen molar-refractivity contribution in [2.75, 3.05) is 0 Å². The molecule has 0 aliphatic carbocycles. The fraction of sp³-hybridized carbons (Fsp3) is 0.381. The second-order valence-corrected chi connectivity index (χ2v) is 8.58. The smallest absolute Gasteiger partial charge is 0.168 e. The van der Waals surface area contributed by atoms with Crippen LogP contribution in [0.15, 0.2) is 24.3 Å². The van der Waals surface area contributed by atoms with Crippen molar-refractivity contribution in [1.29, 1.82) is 0 Å². The summed E-state index contributed by atoms with van der Waals surface area (Å²) < 4.78 is 0. The predicted molar refractivity (Wildman–Crippen MR) is 110 cm³/mol. The molecule has 24 heavy (non-hydrogen) atoms. The molecule has 2 aromatic rings. The first kappa shape index (κ1) is 19.4. The van der Waals surface area contributed by atoms with E-state index >= 15 is 0 Å². The van der Waals surface area contributed by atoms with Gasteiger partial charge in [-0.25, -0.2) is 0 Å². The monoisotopic (exact) mass is 450 g/mol. The van der Waals surface area contributed by atoms with E-state index in [2.05, 4.69) is 97.7 Å². The van der Waals surface area contributed by atoms with Gasteiger partial charge < -0.3 is 0 Å². The Balaban J connectivity index is 2.42. The van der Waals surface area contributed by atoms with E-state index in [1.54, 1.807) is 0 Å². The lowest BCUT2D eigenvalue weighted by molar-refractivity contribution is -0.118. The highest BCUT2D eigenvalue weighted by Crippen LogP contribution is 2.39. The average molecular weight is 452 g/mol. The highest BCUT2D eigenvalue weighted by atomic mass is 79.9. The summed E-state index contributed by atoms with van der Waals surface area (Å²) in [6.07, 6.45) is 0. The Hall–Kier alpha value is -0.930. The van der Waals surface area contributed by atoms with Crippen LogP contribution in [-0.4, -0.2) is 5.78 Å². The lowest BCUT2D eigenvalue weighted by atomic mass is 9.91. The van der Waals surface area contributed by atoms with Gasteiger partial charge in [-0.1, -0.05) is 67.3 Å². The van der Waals surface area contributed by atoms with E-state index in [0.29, 0.717) is 0 Å². The first-order valence-corrected chi connectivity index (χ1v) is 9.94. The number of Topliss-reactive ketones (excluding diaryl/α,β-unsaturated/α-hetero) is 1. The largest absolute Gasteiger partial charge is 0.296 e. The minimum atomic E-state index is -0.317. The van der Waals surface area contributed by atoms with Gasteiger partial charge in [-0.2, -0.15) is 0 Å². The summed E-state index contributed by atoms with van der Waals surface area (Å²) in [7, 11) is 0. The third kappa shape index (κ3) is 3.83. The van der Waals surface area contributed by atoms with Crippen molar-refractivity contribution in [2.24, 2.45) is 0 Å². The topological polar surface area (TPSA) is 17.1 Å². The van der Waals surface area contributed by atoms with Crippen LogP contribution in [-0.2, 0) is 4.79 Å². The van der Waals surface area contributed by atoms with Crippen LogP contribution in [0.2, 0.25) is 0 Å². The zero-order valence-electron chi connectivity index (χ0n) is 15.1. The van der Waals surface area contributed by atoms with E-state index in [9.17, 15) is 4.79 Å². The average Bonchev–Trinajstić information content (AvgIpc) is 2.43. The molecule has 0 spiro atoms. The van der Waals surface area contributed by atoms with Gasteiger partial charge in [-0.15, -0.1) is 0 Å². The van der Waals surface area contributed by atoms with Crippen molar-refractivity contribution in [3.63, 3.8) is 0 Å². The zero-order valence-corrected chi connectivity index (χ0v) is 18.3. The summed E-state index contributed by atoms with van der Waals surface area (Å²) in [5.41, 5.74) is 9.22. The molecule has 0 aromatic heterocycles. The van der Waals surface area contributed by atoms with Gasteiger partial charge in [0.25, 0.3) is 0 Å². The molecule has 0 saturated carbocycles. The molecule has 0 amide bonds. The Labute approximate surface area is 162 Å². The number of hydrogen-bond acceptors (Lipinski definition) is 1. The lowest BCUT2D eigenvalue weighted by Crippen LogP contribution is -2.16. The maximum atomic E-state index is 13.1. The summed E-state index contributed by atoms with van der Waals surface area (Å²) in [4.78, 5) is 12.5. The number of alkyl halides is 2. The first-order chi connectivity index (χ1) is 11.1. The fourth-order valence-electron chi connectivity index (χ4n) is 3.59. The maximum Gasteiger partial charge on any atom is 0.168 e. The molecular weight excluding hydrogens is 428 g/mol. The second-order valence-electron chi connectivity index (χ2n) is 6.75. The van der Waals surface area contributed by atoms with Gasteiger partial charge in [-0.3, -0.25) is 4.79 Å². The van der Waals surface area contributed by atoms with E-state index in [1.807, 2.05) is 0 Å². The number of benzene rings is 2. The summed E-state index contributed by atoms with van der Waals surface area (Å²) in [5.74, 6) is 0.139. The van der Waals surface area contributed by atoms with Crippen molar-refractivity contribution >= 4 is 37.6 Å². The number of halogens is 2. The number of aryl methyl sites for hydroxylation is 6. The van der Waals surface area contributed by atoms with Crippen LogP contribution in [0.4, 0.5) is 0 Å². The highest BCUT2D eigenvalue weighted by Gasteiger charge is 2.29. The third-order valence-electron chi connectivity index (χ3n) is 4.48. The van der Waals surface area contributed by atoms with E-state index in [4.69, 9.17) is 0 Å². The maximum absolute atomic E-state index is 13.1. The van der Waals surface area contributed by atoms with Crippen molar-refractivity contribution in [1.82, 2.24) is 0 Å². The third-order valence-corrected chi connectivity index (χ3v) is 6.30. The fourth-order valence-corrected chi connectivity index (χ4v) is 5.92. The molecular formula is C21H24Br2O. The SMILES string of the molecule is Cc1cc(C)c(C(Br)C(=O)C(Br)c2c(C)cc(C)cc2C)c(C)c1. The molecule has 0 fully saturated rings. The van der Waals surface area contributed by atoms with Crippen LogP contribution in [0, 0.1) is 41.5 Å². The standard InChI is InChI=1S/C21H24Br2O/c1-11-7-13(3)17(14(4)8-11)19(22)21(24)20(23)18-15(5)9-12(2)10-16(18)6/h7-10,19-20H,1-6H3. The molecule has 0 radical (unpaired) electrons. The molecule has 2 unspecified atom stereocenters. The van der Waals surface area contributed by atoms with Crippen molar-refractivity contribution in [3.8, 4) is 0 Å². The Morgan fingerprint density at radius 2 is 0.917 bits per heavy atom. The van der Waals surface area contributed by atoms with Crippen LogP contribution in [0.5, 0.6) is 0 Å². The zero-order chi connectivity index (χ0) is 18.2. The molecule has 0 heterocycles. The molecule has 2 aromatic carbocycles. The second kappa shape index (κ2) is 7.53. The molecule has 0 N–H and O–H groups in total. The quantitative estimate of drug-likeness (QED) is 0.473. The molecule has 0 aliphatic rings. The van der Waals surface area contributed by atoms with Crippen LogP contribution < -0.4 is 0 Å². The molecule has 2 atom stereocenters. The van der Waals surface area contributed by atoms with Crippen LogP contribution in [0.3, 0.4) is 0 Å². The van der Waals surface area contributed by atoms with Gasteiger partial charge in [0, 0.05) is 0 Å². The van der Waals surface area contributed by atoms with Gasteiger partial charge in [0.15, 0.2) is 5.78 Å². The van der Waals surface area contributed by atoms with Crippen molar-refractivity contribution < 1.29 is 4.79 Å². The van der Waals surface area contributed by atoms with Gasteiger partial charge >= 0.3 is 0 Å². The Morgan fingerprint density at radius 3 is 1.17 bits per heavy atom. The van der Waals surface area contributed by atoms with E-state index in [1.165, 1.54) is 11.1 Å². The number of carbonyl (C=O) groups excluding carboxylic acids is 1. The van der Waals surface area contributed by atoms with Crippen molar-refractivity contribution in [3.05, 3.63) is 68.8 Å². The molecule has 1 nitrogen and oxygen atoms in total. The Kier molecular flexibility index (Phi) is 6.09. The molecule has 0 bridgehead atoms. The minimum absolute atomic E-state index is 0.139. The van der Waals surface area contributed by atoms with Gasteiger partial charge in [0.05, 0.1) is 0 Å². The summed E-state index contributed by atoms with van der Waals surface area (Å²) in [6, 6.07) is 8.54. The van der Waals surface area contributed by atoms with Crippen LogP contribution in [0.1, 0.15) is 54.2 Å². The van der Waals surface area contributed by atoms with Crippen molar-refractivity contribution in [2.45, 2.75) is 51.2 Å². The molecule has 128 valence electrons. The molecule has 0 saturated heterocycles. The van der Waals surface area contributed by atoms with Crippen LogP contribution >= 0.6 is 31.9 Å². The lowest BCUT2D eigenvalue weighted by Gasteiger charge is -2.21. The predicted octanol–water partition coefficient (Wildman–Crippen LogP) is 6.68. The minimum Gasteiger partial charge on any atom is -0.296 e. The molecule has 0 aliphatic heterocycles. The van der Waals surface area contributed by atoms with Crippen LogP contribution in [0.25, 0.3) is 0 Å². The molecule has 3 heteroatoms. The summed E-state index contributed by atoms with van der Waals surface area (Å²) >= 11 is 7.32. The number of carbonyl (C=O) groups is 1. The number of ketones is 1. The van der Waals surface area contributed by atoms with Gasteiger partial charge in [0.1, 0.15) is 9.65 Å². The Morgan fingerprint density at radius 1 is 0.667 bits per heavy atom. The number of rotatable bonds is 4. The van der Waals surface area contributed by atoms with E-state index in [0.717, 1.165) is 33.4 Å². The van der Waals surface area contributed by atoms with Gasteiger partial charge in [-0.05, 0) is 74.9 Å². The highest BCUT2D eigenvalue weighted by molar-refractivity contribution is 9.10. The summed E-state index contributed by atoms with van der Waals surface area (Å²) in [5, 5.41) is 0. The van der Waals surface area contributed by atoms with E-state index < -0.39 is 0 Å². The normalized spacial score (nSPS) is 13.7. The molecule has 2 rings (SSSR count).